The SMILES string of the molecule is CC[C@@H](C)[C@H](Nc1ccc2c(cc1=O)[C@@H](NC(C)=O)CCc1cc(OC)c(OC)c(OC)c1-2)C(=O)Nc1cnn(C)c1. The Morgan fingerprint density at radius 1 is 1.12 bits per heavy atom. The van der Waals surface area contributed by atoms with E-state index in [4.69, 9.17) is 14.2 Å². The lowest BCUT2D eigenvalue weighted by molar-refractivity contribution is -0.120. The molecule has 4 rings (SSSR count). The number of fused-ring (bicyclic) bond motifs is 3. The van der Waals surface area contributed by atoms with Crippen LogP contribution in [0.1, 0.15) is 50.8 Å². The van der Waals surface area contributed by atoms with Crippen LogP contribution in [0.25, 0.3) is 11.1 Å². The monoisotopic (exact) mass is 577 g/mol. The Balaban J connectivity index is 1.87. The van der Waals surface area contributed by atoms with Crippen molar-refractivity contribution in [1.82, 2.24) is 15.1 Å². The molecule has 42 heavy (non-hydrogen) atoms. The zero-order valence-electron chi connectivity index (χ0n) is 25.2. The summed E-state index contributed by atoms with van der Waals surface area (Å²) < 4.78 is 18.7. The zero-order valence-corrected chi connectivity index (χ0v) is 25.2. The fourth-order valence-corrected chi connectivity index (χ4v) is 5.40. The first-order valence-electron chi connectivity index (χ1n) is 13.9. The topological polar surface area (TPSA) is 133 Å². The predicted molar refractivity (Wildman–Crippen MR) is 161 cm³/mol. The van der Waals surface area contributed by atoms with Crippen LogP contribution in [-0.4, -0.2) is 49.0 Å². The van der Waals surface area contributed by atoms with Crippen LogP contribution in [0.4, 0.5) is 11.4 Å². The Morgan fingerprint density at radius 3 is 2.45 bits per heavy atom. The van der Waals surface area contributed by atoms with Crippen LogP contribution in [0.5, 0.6) is 17.2 Å². The standard InChI is InChI=1S/C31H39N5O6/c1-8-17(2)28(31(39)34-20-15-32-36(4)16-20)35-24-12-10-21-22(14-25(24)38)23(33-18(3)37)11-9-19-13-26(40-5)29(41-6)30(42-7)27(19)21/h10,12-17,23,28H,8-9,11H2,1-7H3,(H,33,37)(H,34,39)(H,35,38)/t17-,23+,28+/m1/s1. The lowest BCUT2D eigenvalue weighted by atomic mass is 9.95. The molecule has 11 nitrogen and oxygen atoms in total. The number of hydrogen-bond acceptors (Lipinski definition) is 8. The summed E-state index contributed by atoms with van der Waals surface area (Å²) in [6.07, 6.45) is 5.13. The molecule has 0 radical (unpaired) electrons. The van der Waals surface area contributed by atoms with Crippen LogP contribution >= 0.6 is 0 Å². The van der Waals surface area contributed by atoms with Crippen molar-refractivity contribution in [3.63, 3.8) is 0 Å². The van der Waals surface area contributed by atoms with Crippen LogP contribution in [0.3, 0.4) is 0 Å². The predicted octanol–water partition coefficient (Wildman–Crippen LogP) is 4.06. The molecule has 11 heteroatoms. The van der Waals surface area contributed by atoms with Gasteiger partial charge in [-0.3, -0.25) is 19.1 Å². The molecule has 3 atom stereocenters. The number of nitrogens with zero attached hydrogens (tertiary/aromatic N) is 2. The summed E-state index contributed by atoms with van der Waals surface area (Å²) in [4.78, 5) is 39.4. The third kappa shape index (κ3) is 6.19. The largest absolute Gasteiger partial charge is 0.493 e. The summed E-state index contributed by atoms with van der Waals surface area (Å²) in [6.45, 7) is 5.40. The lowest BCUT2D eigenvalue weighted by Crippen LogP contribution is -2.40. The van der Waals surface area contributed by atoms with Gasteiger partial charge in [0.15, 0.2) is 11.5 Å². The average molecular weight is 578 g/mol. The number of amides is 2. The Labute approximate surface area is 245 Å². The second kappa shape index (κ2) is 13.0. The van der Waals surface area contributed by atoms with Gasteiger partial charge >= 0.3 is 0 Å². The molecule has 1 aliphatic rings. The van der Waals surface area contributed by atoms with Crippen LogP contribution in [0.15, 0.2) is 41.5 Å². The van der Waals surface area contributed by atoms with E-state index in [1.54, 1.807) is 51.5 Å². The highest BCUT2D eigenvalue weighted by Crippen LogP contribution is 2.50. The fourth-order valence-electron chi connectivity index (χ4n) is 5.40. The molecule has 3 N–H and O–H groups in total. The lowest BCUT2D eigenvalue weighted by Gasteiger charge is -2.23. The molecule has 1 aromatic heterocycles. The van der Waals surface area contributed by atoms with Gasteiger partial charge in [-0.05, 0) is 53.6 Å². The molecule has 0 fully saturated rings. The summed E-state index contributed by atoms with van der Waals surface area (Å²) in [5, 5.41) is 13.2. The van der Waals surface area contributed by atoms with Gasteiger partial charge in [-0.15, -0.1) is 0 Å². The van der Waals surface area contributed by atoms with Gasteiger partial charge in [-0.2, -0.15) is 5.10 Å². The van der Waals surface area contributed by atoms with E-state index >= 15 is 0 Å². The second-order valence-corrected chi connectivity index (χ2v) is 10.5. The van der Waals surface area contributed by atoms with E-state index in [0.717, 1.165) is 11.1 Å². The van der Waals surface area contributed by atoms with E-state index < -0.39 is 12.1 Å². The first kappa shape index (κ1) is 30.4. The highest BCUT2D eigenvalue weighted by atomic mass is 16.5. The molecule has 1 heterocycles. The van der Waals surface area contributed by atoms with E-state index in [1.165, 1.54) is 13.0 Å². The quantitative estimate of drug-likeness (QED) is 0.329. The number of nitrogens with one attached hydrogen (secondary N) is 3. The maximum absolute atomic E-state index is 13.8. The number of ether oxygens (including phenoxy) is 3. The van der Waals surface area contributed by atoms with Gasteiger partial charge in [0.2, 0.25) is 23.0 Å². The van der Waals surface area contributed by atoms with Gasteiger partial charge in [0, 0.05) is 25.7 Å². The molecule has 0 saturated heterocycles. The summed E-state index contributed by atoms with van der Waals surface area (Å²) in [5.74, 6) is 0.854. The number of carbonyl (C=O) groups is 2. The van der Waals surface area contributed by atoms with Crippen molar-refractivity contribution in [3.8, 4) is 28.4 Å². The number of aryl methyl sites for hydroxylation is 2. The summed E-state index contributed by atoms with van der Waals surface area (Å²) in [7, 11) is 6.43. The minimum atomic E-state index is -0.692. The van der Waals surface area contributed by atoms with Crippen molar-refractivity contribution in [3.05, 3.63) is 58.0 Å². The molecule has 2 amide bonds. The maximum Gasteiger partial charge on any atom is 0.247 e. The van der Waals surface area contributed by atoms with Crippen LogP contribution in [0, 0.1) is 5.92 Å². The smallest absolute Gasteiger partial charge is 0.247 e. The van der Waals surface area contributed by atoms with Crippen molar-refractivity contribution in [2.75, 3.05) is 32.0 Å². The molecule has 1 aliphatic carbocycles. The minimum Gasteiger partial charge on any atom is -0.493 e. The number of anilines is 2. The molecule has 2 aromatic carbocycles. The molecule has 0 unspecified atom stereocenters. The Kier molecular flexibility index (Phi) is 9.39. The highest BCUT2D eigenvalue weighted by Gasteiger charge is 2.30. The molecular weight excluding hydrogens is 538 g/mol. The Bertz CT molecular complexity index is 1530. The van der Waals surface area contributed by atoms with Crippen LogP contribution in [0.2, 0.25) is 0 Å². The van der Waals surface area contributed by atoms with E-state index in [1.807, 2.05) is 26.0 Å². The fraction of sp³-hybridized carbons (Fsp3) is 0.419. The second-order valence-electron chi connectivity index (χ2n) is 10.5. The number of hydrogen-bond donors (Lipinski definition) is 3. The van der Waals surface area contributed by atoms with Crippen molar-refractivity contribution >= 4 is 23.2 Å². The van der Waals surface area contributed by atoms with E-state index in [0.29, 0.717) is 53.3 Å². The Morgan fingerprint density at radius 2 is 1.86 bits per heavy atom. The summed E-state index contributed by atoms with van der Waals surface area (Å²) in [5.41, 5.74) is 3.56. The molecule has 0 aliphatic heterocycles. The van der Waals surface area contributed by atoms with E-state index in [2.05, 4.69) is 21.0 Å². The number of rotatable bonds is 10. The molecule has 0 saturated carbocycles. The zero-order chi connectivity index (χ0) is 30.6. The highest BCUT2D eigenvalue weighted by molar-refractivity contribution is 5.96. The molecular formula is C31H39N5O6. The van der Waals surface area contributed by atoms with Gasteiger partial charge in [0.25, 0.3) is 0 Å². The van der Waals surface area contributed by atoms with Gasteiger partial charge in [0.1, 0.15) is 6.04 Å². The normalized spacial score (nSPS) is 15.3. The molecule has 0 bridgehead atoms. The van der Waals surface area contributed by atoms with Crippen LogP contribution in [-0.2, 0) is 23.1 Å². The van der Waals surface area contributed by atoms with Crippen molar-refractivity contribution in [2.45, 2.75) is 52.1 Å². The number of carbonyl (C=O) groups excluding carboxylic acids is 2. The summed E-state index contributed by atoms with van der Waals surface area (Å²) in [6, 6.07) is 5.84. The van der Waals surface area contributed by atoms with Gasteiger partial charge in [-0.25, -0.2) is 0 Å². The van der Waals surface area contributed by atoms with E-state index in [9.17, 15) is 14.4 Å². The molecule has 224 valence electrons. The van der Waals surface area contributed by atoms with Crippen molar-refractivity contribution < 1.29 is 23.8 Å². The van der Waals surface area contributed by atoms with E-state index in [-0.39, 0.29) is 28.8 Å². The average Bonchev–Trinajstić information content (AvgIpc) is 3.23. The van der Waals surface area contributed by atoms with Gasteiger partial charge in [0.05, 0.1) is 44.9 Å². The number of methoxy groups -OCH3 is 3. The van der Waals surface area contributed by atoms with Crippen molar-refractivity contribution in [1.29, 1.82) is 0 Å². The third-order valence-corrected chi connectivity index (χ3v) is 7.69. The molecule has 3 aromatic rings. The van der Waals surface area contributed by atoms with Crippen LogP contribution < -0.4 is 35.6 Å². The molecule has 0 spiro atoms. The maximum atomic E-state index is 13.8. The van der Waals surface area contributed by atoms with Gasteiger partial charge in [-0.1, -0.05) is 26.3 Å². The van der Waals surface area contributed by atoms with Gasteiger partial charge < -0.3 is 30.2 Å². The Hall–Kier alpha value is -4.54. The first-order chi connectivity index (χ1) is 20.1. The third-order valence-electron chi connectivity index (χ3n) is 7.69. The number of benzene rings is 1. The number of aromatic nitrogens is 2. The minimum absolute atomic E-state index is 0.0888. The first-order valence-corrected chi connectivity index (χ1v) is 13.9. The summed E-state index contributed by atoms with van der Waals surface area (Å²) >= 11 is 0. The van der Waals surface area contributed by atoms with Crippen molar-refractivity contribution in [2.24, 2.45) is 13.0 Å².